The third kappa shape index (κ3) is 4.04. The fraction of sp³-hybridized carbons (Fsp3) is 0.571. The molecular formula is C14H17F3N2O4. The Morgan fingerprint density at radius 3 is 2.48 bits per heavy atom. The second-order valence-corrected chi connectivity index (χ2v) is 5.51. The number of rotatable bonds is 4. The molecule has 1 aromatic rings. The first-order valence-electron chi connectivity index (χ1n) is 7.05. The van der Waals surface area contributed by atoms with Gasteiger partial charge in [-0.05, 0) is 37.6 Å². The summed E-state index contributed by atoms with van der Waals surface area (Å²) < 4.78 is 42.8. The van der Waals surface area contributed by atoms with Crippen molar-refractivity contribution < 1.29 is 27.9 Å². The Morgan fingerprint density at radius 1 is 1.39 bits per heavy atom. The van der Waals surface area contributed by atoms with Gasteiger partial charge in [-0.3, -0.25) is 15.0 Å². The topological polar surface area (TPSA) is 75.8 Å². The summed E-state index contributed by atoms with van der Waals surface area (Å²) >= 11 is 0. The fourth-order valence-electron chi connectivity index (χ4n) is 2.71. The third-order valence-electron chi connectivity index (χ3n) is 3.99. The molecular weight excluding hydrogens is 317 g/mol. The van der Waals surface area contributed by atoms with Crippen LogP contribution in [0.2, 0.25) is 0 Å². The summed E-state index contributed by atoms with van der Waals surface area (Å²) in [6, 6.07) is 2.67. The number of piperidine rings is 1. The first kappa shape index (κ1) is 17.3. The maximum Gasteiger partial charge on any atom is 0.391 e. The number of likely N-dealkylation sites (tertiary alicyclic amines) is 1. The lowest BCUT2D eigenvalue weighted by Crippen LogP contribution is -2.38. The molecule has 1 aliphatic heterocycles. The smallest absolute Gasteiger partial charge is 0.391 e. The number of nitro benzene ring substituents is 1. The van der Waals surface area contributed by atoms with Crippen LogP contribution in [-0.4, -0.2) is 41.3 Å². The Hall–Kier alpha value is -2.03. The number of nitro groups is 1. The number of alkyl halides is 3. The van der Waals surface area contributed by atoms with E-state index in [4.69, 9.17) is 4.74 Å². The van der Waals surface area contributed by atoms with E-state index in [1.54, 1.807) is 4.90 Å². The van der Waals surface area contributed by atoms with Crippen LogP contribution in [0.3, 0.4) is 0 Å². The van der Waals surface area contributed by atoms with Gasteiger partial charge in [0.05, 0.1) is 18.0 Å². The lowest BCUT2D eigenvalue weighted by Gasteiger charge is -2.32. The highest BCUT2D eigenvalue weighted by atomic mass is 19.4. The minimum atomic E-state index is -4.17. The molecule has 0 radical (unpaired) electrons. The van der Waals surface area contributed by atoms with Crippen molar-refractivity contribution in [2.24, 2.45) is 5.92 Å². The molecule has 0 bridgehead atoms. The molecule has 9 heteroatoms. The number of methoxy groups -OCH3 is 1. The highest BCUT2D eigenvalue weighted by Crippen LogP contribution is 2.38. The van der Waals surface area contributed by atoms with Crippen LogP contribution < -0.4 is 4.74 Å². The van der Waals surface area contributed by atoms with Crippen molar-refractivity contribution >= 4 is 5.69 Å². The Balaban J connectivity index is 2.09. The quantitative estimate of drug-likeness (QED) is 0.676. The second kappa shape index (κ2) is 6.61. The van der Waals surface area contributed by atoms with Crippen molar-refractivity contribution in [3.63, 3.8) is 0 Å². The van der Waals surface area contributed by atoms with Crippen LogP contribution in [0.4, 0.5) is 18.9 Å². The molecule has 1 aromatic carbocycles. The lowest BCUT2D eigenvalue weighted by atomic mass is 9.96. The molecule has 1 N–H and O–H groups in total. The number of hydrogen-bond donors (Lipinski definition) is 1. The Bertz CT molecular complexity index is 584. The number of nitrogens with zero attached hydrogens (tertiary/aromatic N) is 2. The summed E-state index contributed by atoms with van der Waals surface area (Å²) in [5.74, 6) is -1.88. The van der Waals surface area contributed by atoms with Crippen molar-refractivity contribution in [1.82, 2.24) is 4.90 Å². The molecule has 1 fully saturated rings. The highest BCUT2D eigenvalue weighted by molar-refractivity contribution is 5.57. The molecule has 1 saturated heterocycles. The van der Waals surface area contributed by atoms with Gasteiger partial charge in [0, 0.05) is 12.6 Å². The summed E-state index contributed by atoms with van der Waals surface area (Å²) in [6.07, 6.45) is -4.14. The van der Waals surface area contributed by atoms with Gasteiger partial charge in [0.15, 0.2) is 5.75 Å². The largest absolute Gasteiger partial charge is 0.500 e. The van der Waals surface area contributed by atoms with E-state index in [1.807, 2.05) is 0 Å². The van der Waals surface area contributed by atoms with E-state index in [2.05, 4.69) is 0 Å². The minimum absolute atomic E-state index is 0.0147. The summed E-state index contributed by atoms with van der Waals surface area (Å²) in [7, 11) is 1.28. The van der Waals surface area contributed by atoms with Crippen molar-refractivity contribution in [2.75, 3.05) is 20.2 Å². The van der Waals surface area contributed by atoms with Gasteiger partial charge in [-0.1, -0.05) is 0 Å². The summed E-state index contributed by atoms with van der Waals surface area (Å²) in [5.41, 5.74) is 0.0290. The fourth-order valence-corrected chi connectivity index (χ4v) is 2.71. The maximum atomic E-state index is 12.6. The van der Waals surface area contributed by atoms with E-state index >= 15 is 0 Å². The van der Waals surface area contributed by atoms with E-state index in [0.717, 1.165) is 0 Å². The Morgan fingerprint density at radius 2 is 2.00 bits per heavy atom. The van der Waals surface area contributed by atoms with Crippen LogP contribution in [0.5, 0.6) is 11.5 Å². The SMILES string of the molecule is COc1cc(CN2CCC(C(F)(F)F)CC2)cc([N+](=O)[O-])c1O. The van der Waals surface area contributed by atoms with Crippen molar-refractivity contribution in [3.05, 3.63) is 27.8 Å². The molecule has 0 aromatic heterocycles. The zero-order chi connectivity index (χ0) is 17.2. The molecule has 128 valence electrons. The second-order valence-electron chi connectivity index (χ2n) is 5.51. The Kier molecular flexibility index (Phi) is 4.98. The number of halogens is 3. The van der Waals surface area contributed by atoms with Crippen molar-refractivity contribution in [3.8, 4) is 11.5 Å². The van der Waals surface area contributed by atoms with E-state index in [1.165, 1.54) is 19.2 Å². The van der Waals surface area contributed by atoms with Gasteiger partial charge in [-0.2, -0.15) is 13.2 Å². The van der Waals surface area contributed by atoms with Gasteiger partial charge in [-0.15, -0.1) is 0 Å². The van der Waals surface area contributed by atoms with E-state index in [-0.39, 0.29) is 38.2 Å². The molecule has 2 rings (SSSR count). The highest BCUT2D eigenvalue weighted by Gasteiger charge is 2.41. The number of ether oxygens (including phenoxy) is 1. The minimum Gasteiger partial charge on any atom is -0.500 e. The molecule has 0 aliphatic carbocycles. The van der Waals surface area contributed by atoms with Gasteiger partial charge in [0.2, 0.25) is 5.75 Å². The average molecular weight is 334 g/mol. The average Bonchev–Trinajstić information content (AvgIpc) is 2.48. The number of phenolic OH excluding ortho intramolecular Hbond substituents is 1. The van der Waals surface area contributed by atoms with Crippen LogP contribution in [0.25, 0.3) is 0 Å². The number of benzene rings is 1. The monoisotopic (exact) mass is 334 g/mol. The Labute approximate surface area is 130 Å². The van der Waals surface area contributed by atoms with E-state index in [9.17, 15) is 28.4 Å². The molecule has 0 spiro atoms. The number of phenols is 1. The zero-order valence-electron chi connectivity index (χ0n) is 12.5. The van der Waals surface area contributed by atoms with Gasteiger partial charge < -0.3 is 9.84 Å². The molecule has 0 unspecified atom stereocenters. The maximum absolute atomic E-state index is 12.6. The van der Waals surface area contributed by atoms with Crippen molar-refractivity contribution in [2.45, 2.75) is 25.6 Å². The summed E-state index contributed by atoms with van der Waals surface area (Å²) in [6.45, 7) is 0.796. The van der Waals surface area contributed by atoms with E-state index in [0.29, 0.717) is 5.56 Å². The standard InChI is InChI=1S/C14H17F3N2O4/c1-23-12-7-9(6-11(13(12)20)19(21)22)8-18-4-2-10(3-5-18)14(15,16)17/h6-7,10,20H,2-5,8H2,1H3. The predicted molar refractivity (Wildman–Crippen MR) is 75.4 cm³/mol. The first-order valence-corrected chi connectivity index (χ1v) is 7.05. The number of hydrogen-bond acceptors (Lipinski definition) is 5. The third-order valence-corrected chi connectivity index (χ3v) is 3.99. The van der Waals surface area contributed by atoms with Crippen LogP contribution in [-0.2, 0) is 6.54 Å². The molecule has 0 amide bonds. The van der Waals surface area contributed by atoms with Gasteiger partial charge in [0.25, 0.3) is 0 Å². The van der Waals surface area contributed by atoms with Crippen LogP contribution in [0.1, 0.15) is 18.4 Å². The van der Waals surface area contributed by atoms with Crippen LogP contribution in [0.15, 0.2) is 12.1 Å². The first-order chi connectivity index (χ1) is 10.7. The summed E-state index contributed by atoms with van der Waals surface area (Å²) in [5, 5.41) is 20.6. The molecule has 23 heavy (non-hydrogen) atoms. The van der Waals surface area contributed by atoms with Gasteiger partial charge in [0.1, 0.15) is 0 Å². The molecule has 0 atom stereocenters. The molecule has 1 heterocycles. The zero-order valence-corrected chi connectivity index (χ0v) is 12.5. The summed E-state index contributed by atoms with van der Waals surface area (Å²) in [4.78, 5) is 12.0. The van der Waals surface area contributed by atoms with Crippen LogP contribution >= 0.6 is 0 Å². The predicted octanol–water partition coefficient (Wildman–Crippen LogP) is 3.08. The van der Waals surface area contributed by atoms with Gasteiger partial charge >= 0.3 is 11.9 Å². The van der Waals surface area contributed by atoms with E-state index < -0.39 is 28.5 Å². The molecule has 0 saturated carbocycles. The lowest BCUT2D eigenvalue weighted by molar-refractivity contribution is -0.386. The van der Waals surface area contributed by atoms with Gasteiger partial charge in [-0.25, -0.2) is 0 Å². The van der Waals surface area contributed by atoms with Crippen LogP contribution in [0, 0.1) is 16.0 Å². The normalized spacial score (nSPS) is 17.2. The number of aromatic hydroxyl groups is 1. The molecule has 6 nitrogen and oxygen atoms in total. The van der Waals surface area contributed by atoms with Crippen molar-refractivity contribution in [1.29, 1.82) is 0 Å². The molecule has 1 aliphatic rings.